The van der Waals surface area contributed by atoms with E-state index in [4.69, 9.17) is 14.0 Å². The van der Waals surface area contributed by atoms with E-state index in [1.165, 1.54) is 11.1 Å². The van der Waals surface area contributed by atoms with Crippen molar-refractivity contribution in [2.75, 3.05) is 0 Å². The summed E-state index contributed by atoms with van der Waals surface area (Å²) in [6.07, 6.45) is 1.03. The minimum absolute atomic E-state index is 1.03. The van der Waals surface area contributed by atoms with Gasteiger partial charge in [0, 0.05) is 0 Å². The first-order valence-electron chi connectivity index (χ1n) is 5.20. The summed E-state index contributed by atoms with van der Waals surface area (Å²) in [6.45, 7) is 0. The second-order valence-corrected chi connectivity index (χ2v) is 3.96. The fraction of sp³-hybridized carbons (Fsp3) is 0.0769. The van der Waals surface area contributed by atoms with Crippen LogP contribution >= 0.6 is 0 Å². The van der Waals surface area contributed by atoms with Gasteiger partial charge in [-0.3, -0.25) is 0 Å². The summed E-state index contributed by atoms with van der Waals surface area (Å²) in [7, 11) is 0. The lowest BCUT2D eigenvalue weighted by Gasteiger charge is -2.05. The van der Waals surface area contributed by atoms with E-state index in [-0.39, 0.29) is 0 Å². The number of hydrogen-bond donors (Lipinski definition) is 0. The van der Waals surface area contributed by atoms with Gasteiger partial charge in [-0.05, 0) is 17.5 Å². The Morgan fingerprint density at radius 1 is 0.889 bits per heavy atom. The van der Waals surface area contributed by atoms with E-state index in [0.717, 1.165) is 6.42 Å². The van der Waals surface area contributed by atoms with Crippen molar-refractivity contribution in [3.8, 4) is 0 Å². The number of hydrogen-bond acceptors (Lipinski definition) is 4. The lowest BCUT2D eigenvalue weighted by molar-refractivity contribution is -0.635. The van der Waals surface area contributed by atoms with E-state index >= 15 is 0 Å². The van der Waals surface area contributed by atoms with Gasteiger partial charge in [0.2, 0.25) is 0 Å². The van der Waals surface area contributed by atoms with Crippen LogP contribution < -0.4 is 5.26 Å². The molecule has 0 aliphatic carbocycles. The highest BCUT2D eigenvalue weighted by Gasteiger charge is 1.92. The topological polar surface area (TPSA) is 72.4 Å². The first kappa shape index (κ1) is 14.5. The molecular formula is C13H12O4S-2. The third-order valence-electron chi connectivity index (χ3n) is 2.15. The SMILES string of the molecule is O=S([O-])O[O-].c1ccc(Cc2ccccc2)cc1. The van der Waals surface area contributed by atoms with E-state index in [9.17, 15) is 0 Å². The molecule has 2 aromatic rings. The van der Waals surface area contributed by atoms with Crippen LogP contribution in [0.15, 0.2) is 60.7 Å². The number of rotatable bonds is 3. The zero-order valence-corrected chi connectivity index (χ0v) is 10.3. The molecule has 1 unspecified atom stereocenters. The Kier molecular flexibility index (Phi) is 6.90. The molecule has 0 saturated heterocycles. The quantitative estimate of drug-likeness (QED) is 0.476. The first-order chi connectivity index (χ1) is 8.72. The maximum Gasteiger partial charge on any atom is 0.0748 e. The molecule has 0 amide bonds. The van der Waals surface area contributed by atoms with E-state index in [2.05, 4.69) is 65.0 Å². The molecule has 0 bridgehead atoms. The Morgan fingerprint density at radius 3 is 1.50 bits per heavy atom. The van der Waals surface area contributed by atoms with Gasteiger partial charge < -0.3 is 14.1 Å². The van der Waals surface area contributed by atoms with Crippen molar-refractivity contribution in [1.29, 1.82) is 0 Å². The summed E-state index contributed by atoms with van der Waals surface area (Å²) >= 11 is -2.88. The van der Waals surface area contributed by atoms with E-state index in [1.54, 1.807) is 0 Å². The van der Waals surface area contributed by atoms with Crippen molar-refractivity contribution in [2.45, 2.75) is 6.42 Å². The molecule has 18 heavy (non-hydrogen) atoms. The number of benzene rings is 2. The van der Waals surface area contributed by atoms with Crippen molar-refractivity contribution in [2.24, 2.45) is 0 Å². The van der Waals surface area contributed by atoms with Crippen LogP contribution in [-0.4, -0.2) is 8.76 Å². The van der Waals surface area contributed by atoms with Gasteiger partial charge in [-0.1, -0.05) is 60.7 Å². The standard InChI is InChI=1S/C13H12.H2O4S/c1-3-7-12(8-4-1)11-13-9-5-2-6-10-13;1-4-5(2)3/h1-10H,11H2;1H,(H,2,3)/p-2. The van der Waals surface area contributed by atoms with Gasteiger partial charge in [-0.2, -0.15) is 0 Å². The van der Waals surface area contributed by atoms with Crippen molar-refractivity contribution in [3.05, 3.63) is 71.8 Å². The summed E-state index contributed by atoms with van der Waals surface area (Å²) < 4.78 is 20.1. The minimum Gasteiger partial charge on any atom is -0.750 e. The van der Waals surface area contributed by atoms with Crippen molar-refractivity contribution in [3.63, 3.8) is 0 Å². The monoisotopic (exact) mass is 264 g/mol. The van der Waals surface area contributed by atoms with Crippen LogP contribution in [0.4, 0.5) is 0 Å². The maximum absolute atomic E-state index is 8.83. The van der Waals surface area contributed by atoms with Gasteiger partial charge in [0.15, 0.2) is 0 Å². The molecule has 2 aromatic carbocycles. The summed E-state index contributed by atoms with van der Waals surface area (Å²) in [6, 6.07) is 21.1. The van der Waals surface area contributed by atoms with Gasteiger partial charge in [-0.25, -0.2) is 4.21 Å². The van der Waals surface area contributed by atoms with Crippen LogP contribution in [0.25, 0.3) is 0 Å². The molecule has 0 saturated carbocycles. The molecule has 0 aliphatic rings. The average Bonchev–Trinajstić information content (AvgIpc) is 2.42. The van der Waals surface area contributed by atoms with Gasteiger partial charge in [0.25, 0.3) is 0 Å². The molecule has 2 rings (SSSR count). The van der Waals surface area contributed by atoms with E-state index in [0.29, 0.717) is 0 Å². The average molecular weight is 264 g/mol. The Labute approximate surface area is 108 Å². The Balaban J connectivity index is 0.000000280. The highest BCUT2D eigenvalue weighted by molar-refractivity contribution is 7.73. The summed E-state index contributed by atoms with van der Waals surface area (Å²) in [5, 5.41) is 8.52. The van der Waals surface area contributed by atoms with Gasteiger partial charge in [0.05, 0.1) is 11.4 Å². The fourth-order valence-corrected chi connectivity index (χ4v) is 1.43. The molecular weight excluding hydrogens is 252 g/mol. The third kappa shape index (κ3) is 6.27. The predicted octanol–water partition coefficient (Wildman–Crippen LogP) is 1.35. The van der Waals surface area contributed by atoms with Crippen LogP contribution in [-0.2, 0) is 22.1 Å². The first-order valence-corrected chi connectivity index (χ1v) is 6.20. The van der Waals surface area contributed by atoms with Crippen LogP contribution in [0.3, 0.4) is 0 Å². The summed E-state index contributed by atoms with van der Waals surface area (Å²) in [5.74, 6) is 0. The Bertz CT molecular complexity index is 421. The Morgan fingerprint density at radius 2 is 1.22 bits per heavy atom. The molecule has 0 heterocycles. The lowest BCUT2D eigenvalue weighted by atomic mass is 10.1. The highest BCUT2D eigenvalue weighted by atomic mass is 32.2. The van der Waals surface area contributed by atoms with Crippen LogP contribution in [0.5, 0.6) is 0 Å². The second kappa shape index (κ2) is 8.54. The highest BCUT2D eigenvalue weighted by Crippen LogP contribution is 2.07. The Hall–Kier alpha value is -1.53. The smallest absolute Gasteiger partial charge is 0.0748 e. The second-order valence-electron chi connectivity index (χ2n) is 3.42. The fourth-order valence-electron chi connectivity index (χ4n) is 1.43. The maximum atomic E-state index is 8.83. The molecule has 0 spiro atoms. The normalized spacial score (nSPS) is 11.2. The predicted molar refractivity (Wildman–Crippen MR) is 65.7 cm³/mol. The van der Waals surface area contributed by atoms with Crippen molar-refractivity contribution >= 4 is 11.4 Å². The van der Waals surface area contributed by atoms with Crippen LogP contribution in [0, 0.1) is 0 Å². The summed E-state index contributed by atoms with van der Waals surface area (Å²) in [5.41, 5.74) is 2.74. The zero-order chi connectivity index (χ0) is 13.2. The molecule has 96 valence electrons. The molecule has 1 atom stereocenters. The molecule has 0 N–H and O–H groups in total. The largest absolute Gasteiger partial charge is 0.750 e. The molecule has 0 fully saturated rings. The van der Waals surface area contributed by atoms with Crippen LogP contribution in [0.2, 0.25) is 0 Å². The minimum atomic E-state index is -2.88. The lowest BCUT2D eigenvalue weighted by Crippen LogP contribution is -2.06. The molecule has 5 heteroatoms. The van der Waals surface area contributed by atoms with Gasteiger partial charge >= 0.3 is 0 Å². The van der Waals surface area contributed by atoms with Crippen LogP contribution in [0.1, 0.15) is 11.1 Å². The molecule has 0 aliphatic heterocycles. The van der Waals surface area contributed by atoms with Gasteiger partial charge in [0.1, 0.15) is 0 Å². The van der Waals surface area contributed by atoms with E-state index in [1.807, 2.05) is 0 Å². The molecule has 0 radical (unpaired) electrons. The summed E-state index contributed by atoms with van der Waals surface area (Å²) in [4.78, 5) is 0. The third-order valence-corrected chi connectivity index (χ3v) is 2.26. The molecule has 0 aromatic heterocycles. The van der Waals surface area contributed by atoms with Crippen molar-refractivity contribution in [1.82, 2.24) is 0 Å². The van der Waals surface area contributed by atoms with E-state index < -0.39 is 11.4 Å². The van der Waals surface area contributed by atoms with Gasteiger partial charge in [-0.15, -0.1) is 0 Å². The van der Waals surface area contributed by atoms with Crippen molar-refractivity contribution < 1.29 is 18.4 Å². The molecule has 4 nitrogen and oxygen atoms in total. The zero-order valence-electron chi connectivity index (χ0n) is 9.52.